The second-order valence-electron chi connectivity index (χ2n) is 6.60. The van der Waals surface area contributed by atoms with Gasteiger partial charge in [-0.1, -0.05) is 44.7 Å². The molecule has 1 aliphatic carbocycles. The molecule has 0 radical (unpaired) electrons. The van der Waals surface area contributed by atoms with E-state index in [0.717, 1.165) is 44.3 Å². The highest BCUT2D eigenvalue weighted by atomic mass is 16.5. The van der Waals surface area contributed by atoms with Crippen LogP contribution in [0.5, 0.6) is 5.75 Å². The van der Waals surface area contributed by atoms with Crippen molar-refractivity contribution in [3.8, 4) is 5.75 Å². The summed E-state index contributed by atoms with van der Waals surface area (Å²) in [6, 6.07) is 8.56. The van der Waals surface area contributed by atoms with Gasteiger partial charge in [0.1, 0.15) is 5.75 Å². The minimum Gasteiger partial charge on any atom is -0.497 e. The fourth-order valence-corrected chi connectivity index (χ4v) is 3.99. The average Bonchev–Trinajstić information content (AvgIpc) is 2.55. The zero-order valence-electron chi connectivity index (χ0n) is 14.3. The molecule has 1 aromatic carbocycles. The summed E-state index contributed by atoms with van der Waals surface area (Å²) in [6.07, 6.45) is 7.52. The summed E-state index contributed by atoms with van der Waals surface area (Å²) >= 11 is 0. The zero-order valence-corrected chi connectivity index (χ0v) is 14.3. The molecule has 0 heterocycles. The van der Waals surface area contributed by atoms with Crippen LogP contribution in [0, 0.1) is 0 Å². The fourth-order valence-electron chi connectivity index (χ4n) is 3.99. The summed E-state index contributed by atoms with van der Waals surface area (Å²) < 4.78 is 5.28. The number of hydrogen-bond acceptors (Lipinski definition) is 3. The van der Waals surface area contributed by atoms with E-state index in [1.54, 1.807) is 7.11 Å². The van der Waals surface area contributed by atoms with Gasteiger partial charge in [0.05, 0.1) is 12.7 Å². The first-order chi connectivity index (χ1) is 10.6. The maximum absolute atomic E-state index is 11.4. The Bertz CT molecular complexity index is 437. The van der Waals surface area contributed by atoms with Crippen molar-refractivity contribution in [1.29, 1.82) is 0 Å². The molecular formula is C19H31NO2. The minimum absolute atomic E-state index is 0.142. The van der Waals surface area contributed by atoms with E-state index in [1.165, 1.54) is 12.0 Å². The predicted molar refractivity (Wildman–Crippen MR) is 91.5 cm³/mol. The van der Waals surface area contributed by atoms with Crippen LogP contribution in [0.4, 0.5) is 0 Å². The first-order valence-corrected chi connectivity index (χ1v) is 8.68. The fraction of sp³-hybridized carbons (Fsp3) is 0.684. The van der Waals surface area contributed by atoms with Gasteiger partial charge in [-0.15, -0.1) is 0 Å². The third kappa shape index (κ3) is 3.82. The van der Waals surface area contributed by atoms with Gasteiger partial charge in [-0.2, -0.15) is 0 Å². The molecule has 3 nitrogen and oxygen atoms in total. The Morgan fingerprint density at radius 2 is 1.82 bits per heavy atom. The van der Waals surface area contributed by atoms with Gasteiger partial charge in [0, 0.05) is 12.0 Å². The molecule has 1 aromatic rings. The van der Waals surface area contributed by atoms with Crippen LogP contribution in [0.15, 0.2) is 24.3 Å². The molecule has 0 amide bonds. The first-order valence-electron chi connectivity index (χ1n) is 8.68. The largest absolute Gasteiger partial charge is 0.497 e. The van der Waals surface area contributed by atoms with Crippen LogP contribution in [0.2, 0.25) is 0 Å². The molecule has 3 heteroatoms. The highest BCUT2D eigenvalue weighted by Gasteiger charge is 2.42. The highest BCUT2D eigenvalue weighted by molar-refractivity contribution is 5.32. The van der Waals surface area contributed by atoms with Crippen molar-refractivity contribution < 1.29 is 9.84 Å². The third-order valence-corrected chi connectivity index (χ3v) is 5.15. The molecule has 1 saturated carbocycles. The molecule has 22 heavy (non-hydrogen) atoms. The Hall–Kier alpha value is -1.06. The molecule has 2 N–H and O–H groups in total. The lowest BCUT2D eigenvalue weighted by Gasteiger charge is -2.43. The molecule has 124 valence electrons. The summed E-state index contributed by atoms with van der Waals surface area (Å²) in [5.41, 5.74) is 0.633. The number of benzene rings is 1. The summed E-state index contributed by atoms with van der Waals surface area (Å²) in [4.78, 5) is 0. The SMILES string of the molecule is CCCC(NC)C(c1ccc(OC)cc1)C1(O)CCCCC1. The van der Waals surface area contributed by atoms with E-state index in [0.29, 0.717) is 6.04 Å². The van der Waals surface area contributed by atoms with E-state index < -0.39 is 5.60 Å². The number of methoxy groups -OCH3 is 1. The maximum atomic E-state index is 11.4. The van der Waals surface area contributed by atoms with Gasteiger partial charge in [0.25, 0.3) is 0 Å². The minimum atomic E-state index is -0.588. The van der Waals surface area contributed by atoms with Crippen molar-refractivity contribution in [2.24, 2.45) is 0 Å². The topological polar surface area (TPSA) is 41.5 Å². The number of aliphatic hydroxyl groups is 1. The van der Waals surface area contributed by atoms with E-state index in [1.807, 2.05) is 19.2 Å². The monoisotopic (exact) mass is 305 g/mol. The Balaban J connectivity index is 2.34. The first kappa shape index (κ1) is 17.3. The van der Waals surface area contributed by atoms with Crippen molar-refractivity contribution in [2.45, 2.75) is 69.4 Å². The van der Waals surface area contributed by atoms with Crippen LogP contribution in [0.1, 0.15) is 63.4 Å². The Morgan fingerprint density at radius 1 is 1.18 bits per heavy atom. The lowest BCUT2D eigenvalue weighted by Crippen LogP contribution is -2.48. The van der Waals surface area contributed by atoms with E-state index in [-0.39, 0.29) is 5.92 Å². The van der Waals surface area contributed by atoms with Gasteiger partial charge in [0.15, 0.2) is 0 Å². The molecule has 1 aliphatic rings. The number of hydrogen-bond donors (Lipinski definition) is 2. The third-order valence-electron chi connectivity index (χ3n) is 5.15. The summed E-state index contributed by atoms with van der Waals surface area (Å²) in [5, 5.41) is 14.8. The van der Waals surface area contributed by atoms with Crippen molar-refractivity contribution in [3.05, 3.63) is 29.8 Å². The smallest absolute Gasteiger partial charge is 0.118 e. The zero-order chi connectivity index (χ0) is 16.0. The van der Waals surface area contributed by atoms with E-state index >= 15 is 0 Å². The molecule has 2 rings (SSSR count). The molecular weight excluding hydrogens is 274 g/mol. The number of rotatable bonds is 7. The van der Waals surface area contributed by atoms with E-state index in [2.05, 4.69) is 24.4 Å². The number of likely N-dealkylation sites (N-methyl/N-ethyl adjacent to an activating group) is 1. The van der Waals surface area contributed by atoms with Crippen LogP contribution in [-0.2, 0) is 0 Å². The highest BCUT2D eigenvalue weighted by Crippen LogP contribution is 2.43. The molecule has 0 aromatic heterocycles. The van der Waals surface area contributed by atoms with Gasteiger partial charge >= 0.3 is 0 Å². The van der Waals surface area contributed by atoms with Crippen LogP contribution in [0.3, 0.4) is 0 Å². The summed E-state index contributed by atoms with van der Waals surface area (Å²) in [5.74, 6) is 1.01. The number of nitrogens with one attached hydrogen (secondary N) is 1. The Morgan fingerprint density at radius 3 is 2.32 bits per heavy atom. The van der Waals surface area contributed by atoms with E-state index in [9.17, 15) is 5.11 Å². The van der Waals surface area contributed by atoms with Crippen molar-refractivity contribution in [3.63, 3.8) is 0 Å². The summed E-state index contributed by atoms with van der Waals surface area (Å²) in [7, 11) is 3.71. The molecule has 0 aliphatic heterocycles. The Kier molecular flexibility index (Phi) is 6.27. The van der Waals surface area contributed by atoms with Crippen molar-refractivity contribution in [2.75, 3.05) is 14.2 Å². The quantitative estimate of drug-likeness (QED) is 0.803. The van der Waals surface area contributed by atoms with Crippen LogP contribution in [0.25, 0.3) is 0 Å². The standard InChI is InChI=1S/C19H31NO2/c1-4-8-17(20-2)18(19(21)13-6-5-7-14-19)15-9-11-16(22-3)12-10-15/h9-12,17-18,20-21H,4-8,13-14H2,1-3H3. The molecule has 0 spiro atoms. The molecule has 2 unspecified atom stereocenters. The Labute approximate surface area is 135 Å². The normalized spacial score (nSPS) is 20.4. The van der Waals surface area contributed by atoms with Crippen molar-refractivity contribution in [1.82, 2.24) is 5.32 Å². The average molecular weight is 305 g/mol. The predicted octanol–water partition coefficient (Wildman–Crippen LogP) is 3.86. The second kappa shape index (κ2) is 7.98. The van der Waals surface area contributed by atoms with Crippen molar-refractivity contribution >= 4 is 0 Å². The lowest BCUT2D eigenvalue weighted by molar-refractivity contribution is -0.0325. The van der Waals surface area contributed by atoms with Gasteiger partial charge in [-0.3, -0.25) is 0 Å². The maximum Gasteiger partial charge on any atom is 0.118 e. The van der Waals surface area contributed by atoms with Gasteiger partial charge in [-0.05, 0) is 44.0 Å². The molecule has 1 fully saturated rings. The van der Waals surface area contributed by atoms with Gasteiger partial charge in [-0.25, -0.2) is 0 Å². The molecule has 0 saturated heterocycles. The second-order valence-corrected chi connectivity index (χ2v) is 6.60. The molecule has 2 atom stereocenters. The van der Waals surface area contributed by atoms with Gasteiger partial charge < -0.3 is 15.2 Å². The van der Waals surface area contributed by atoms with Crippen LogP contribution < -0.4 is 10.1 Å². The van der Waals surface area contributed by atoms with Crippen LogP contribution in [-0.4, -0.2) is 30.9 Å². The summed E-state index contributed by atoms with van der Waals surface area (Å²) in [6.45, 7) is 2.21. The van der Waals surface area contributed by atoms with Crippen LogP contribution >= 0.6 is 0 Å². The van der Waals surface area contributed by atoms with E-state index in [4.69, 9.17) is 4.74 Å². The van der Waals surface area contributed by atoms with Gasteiger partial charge in [0.2, 0.25) is 0 Å². The lowest BCUT2D eigenvalue weighted by atomic mass is 9.69. The molecule has 0 bridgehead atoms. The number of ether oxygens (including phenoxy) is 1.